The average Bonchev–Trinajstić information content (AvgIpc) is 2.84. The van der Waals surface area contributed by atoms with Crippen LogP contribution in [0.5, 0.6) is 0 Å². The highest BCUT2D eigenvalue weighted by atomic mass is 35.5. The molecule has 0 spiro atoms. The Morgan fingerprint density at radius 1 is 0.650 bits per heavy atom. The van der Waals surface area contributed by atoms with Gasteiger partial charge in [-0.1, -0.05) is 54.1 Å². The first kappa shape index (κ1) is 12.0. The summed E-state index contributed by atoms with van der Waals surface area (Å²) in [6.45, 7) is 0. The second-order valence-corrected chi connectivity index (χ2v) is 6.34. The highest BCUT2D eigenvalue weighted by molar-refractivity contribution is 7.25. The van der Waals surface area contributed by atoms with Crippen molar-refractivity contribution in [1.29, 1.82) is 0 Å². The molecule has 20 heavy (non-hydrogen) atoms. The Morgan fingerprint density at radius 3 is 2.35 bits per heavy atom. The summed E-state index contributed by atoms with van der Waals surface area (Å²) in [6.07, 6.45) is 0. The highest BCUT2D eigenvalue weighted by Gasteiger charge is 2.07. The Morgan fingerprint density at radius 2 is 1.50 bits per heavy atom. The van der Waals surface area contributed by atoms with Gasteiger partial charge in [0.2, 0.25) is 0 Å². The van der Waals surface area contributed by atoms with Gasteiger partial charge in [0.15, 0.2) is 0 Å². The summed E-state index contributed by atoms with van der Waals surface area (Å²) in [6, 6.07) is 23.3. The normalized spacial score (nSPS) is 11.2. The quantitative estimate of drug-likeness (QED) is 0.382. The lowest BCUT2D eigenvalue weighted by molar-refractivity contribution is 1.66. The van der Waals surface area contributed by atoms with Crippen molar-refractivity contribution in [2.24, 2.45) is 0 Å². The van der Waals surface area contributed by atoms with Gasteiger partial charge in [-0.3, -0.25) is 0 Å². The number of hydrogen-bond acceptors (Lipinski definition) is 1. The van der Waals surface area contributed by atoms with Gasteiger partial charge >= 0.3 is 0 Å². The molecule has 0 radical (unpaired) electrons. The molecule has 0 atom stereocenters. The molecular formula is C18H11ClS. The van der Waals surface area contributed by atoms with Crippen molar-refractivity contribution < 1.29 is 0 Å². The Balaban J connectivity index is 2.01. The topological polar surface area (TPSA) is 0 Å². The number of thiophene rings is 1. The molecule has 0 saturated carbocycles. The third-order valence-electron chi connectivity index (χ3n) is 3.54. The van der Waals surface area contributed by atoms with Crippen molar-refractivity contribution in [2.45, 2.75) is 0 Å². The van der Waals surface area contributed by atoms with Gasteiger partial charge in [-0.25, -0.2) is 0 Å². The SMILES string of the molecule is Clc1ccc2c(c1)sc1ccc(-c3ccccc3)cc12. The van der Waals surface area contributed by atoms with E-state index in [0.717, 1.165) is 5.02 Å². The van der Waals surface area contributed by atoms with E-state index in [1.165, 1.54) is 31.3 Å². The lowest BCUT2D eigenvalue weighted by Gasteiger charge is -2.01. The highest BCUT2D eigenvalue weighted by Crippen LogP contribution is 2.37. The van der Waals surface area contributed by atoms with Crippen molar-refractivity contribution >= 4 is 43.1 Å². The van der Waals surface area contributed by atoms with Crippen LogP contribution >= 0.6 is 22.9 Å². The molecular weight excluding hydrogens is 284 g/mol. The van der Waals surface area contributed by atoms with Crippen molar-refractivity contribution in [2.75, 3.05) is 0 Å². The lowest BCUT2D eigenvalue weighted by Crippen LogP contribution is -1.76. The molecule has 1 heterocycles. The molecule has 0 bridgehead atoms. The van der Waals surface area contributed by atoms with Crippen LogP contribution in [0.25, 0.3) is 31.3 Å². The molecule has 0 N–H and O–H groups in total. The van der Waals surface area contributed by atoms with E-state index in [1.54, 1.807) is 11.3 Å². The fraction of sp³-hybridized carbons (Fsp3) is 0. The Hall–Kier alpha value is -1.83. The number of fused-ring (bicyclic) bond motifs is 3. The first-order valence-electron chi connectivity index (χ1n) is 6.48. The number of halogens is 1. The molecule has 4 aromatic rings. The summed E-state index contributed by atoms with van der Waals surface area (Å²) in [5.74, 6) is 0. The third-order valence-corrected chi connectivity index (χ3v) is 4.91. The first-order chi connectivity index (χ1) is 9.81. The number of rotatable bonds is 1. The van der Waals surface area contributed by atoms with Crippen LogP contribution in [0.15, 0.2) is 66.7 Å². The summed E-state index contributed by atoms with van der Waals surface area (Å²) in [5.41, 5.74) is 2.51. The summed E-state index contributed by atoms with van der Waals surface area (Å²) in [5, 5.41) is 3.39. The summed E-state index contributed by atoms with van der Waals surface area (Å²) >= 11 is 7.88. The van der Waals surface area contributed by atoms with Crippen molar-refractivity contribution in [3.8, 4) is 11.1 Å². The maximum absolute atomic E-state index is 6.08. The Bertz CT molecular complexity index is 907. The van der Waals surface area contributed by atoms with E-state index >= 15 is 0 Å². The molecule has 0 fully saturated rings. The van der Waals surface area contributed by atoms with Gasteiger partial charge in [0.05, 0.1) is 0 Å². The van der Waals surface area contributed by atoms with Crippen LogP contribution < -0.4 is 0 Å². The van der Waals surface area contributed by atoms with E-state index in [4.69, 9.17) is 11.6 Å². The van der Waals surface area contributed by atoms with Crippen molar-refractivity contribution in [3.63, 3.8) is 0 Å². The molecule has 3 aromatic carbocycles. The van der Waals surface area contributed by atoms with E-state index in [9.17, 15) is 0 Å². The molecule has 0 amide bonds. The minimum Gasteiger partial charge on any atom is -0.135 e. The minimum atomic E-state index is 0.798. The van der Waals surface area contributed by atoms with E-state index in [2.05, 4.69) is 48.5 Å². The molecule has 0 saturated heterocycles. The zero-order valence-electron chi connectivity index (χ0n) is 10.6. The molecule has 0 nitrogen and oxygen atoms in total. The fourth-order valence-corrected chi connectivity index (χ4v) is 3.92. The van der Waals surface area contributed by atoms with Crippen LogP contribution in [0.1, 0.15) is 0 Å². The van der Waals surface area contributed by atoms with Crippen LogP contribution in [-0.2, 0) is 0 Å². The smallest absolute Gasteiger partial charge is 0.0420 e. The van der Waals surface area contributed by atoms with Gasteiger partial charge in [0, 0.05) is 25.2 Å². The summed E-state index contributed by atoms with van der Waals surface area (Å²) < 4.78 is 2.56. The van der Waals surface area contributed by atoms with E-state index in [-0.39, 0.29) is 0 Å². The van der Waals surface area contributed by atoms with Crippen LogP contribution in [-0.4, -0.2) is 0 Å². The fourth-order valence-electron chi connectivity index (χ4n) is 2.56. The summed E-state index contributed by atoms with van der Waals surface area (Å²) in [7, 11) is 0. The monoisotopic (exact) mass is 294 g/mol. The predicted octanol–water partition coefficient (Wildman–Crippen LogP) is 6.37. The second kappa shape index (κ2) is 4.62. The third kappa shape index (κ3) is 1.91. The van der Waals surface area contributed by atoms with Gasteiger partial charge in [-0.2, -0.15) is 0 Å². The maximum Gasteiger partial charge on any atom is 0.0420 e. The lowest BCUT2D eigenvalue weighted by atomic mass is 10.0. The van der Waals surface area contributed by atoms with Crippen LogP contribution in [0.2, 0.25) is 5.02 Å². The van der Waals surface area contributed by atoms with Crippen molar-refractivity contribution in [3.05, 3.63) is 71.8 Å². The molecule has 1 aromatic heterocycles. The van der Waals surface area contributed by atoms with Crippen molar-refractivity contribution in [1.82, 2.24) is 0 Å². The largest absolute Gasteiger partial charge is 0.135 e. The Kier molecular flexibility index (Phi) is 2.76. The van der Waals surface area contributed by atoms with Gasteiger partial charge < -0.3 is 0 Å². The van der Waals surface area contributed by atoms with Crippen LogP contribution in [0.4, 0.5) is 0 Å². The molecule has 96 valence electrons. The molecule has 0 aliphatic heterocycles. The van der Waals surface area contributed by atoms with Gasteiger partial charge in [-0.15, -0.1) is 11.3 Å². The molecule has 0 aliphatic carbocycles. The number of benzene rings is 3. The zero-order valence-corrected chi connectivity index (χ0v) is 12.2. The molecule has 0 unspecified atom stereocenters. The maximum atomic E-state index is 6.08. The second-order valence-electron chi connectivity index (χ2n) is 4.82. The minimum absolute atomic E-state index is 0.798. The van der Waals surface area contributed by atoms with Crippen LogP contribution in [0, 0.1) is 0 Å². The van der Waals surface area contributed by atoms with E-state index in [1.807, 2.05) is 18.2 Å². The zero-order chi connectivity index (χ0) is 13.5. The number of hydrogen-bond donors (Lipinski definition) is 0. The average molecular weight is 295 g/mol. The van der Waals surface area contributed by atoms with E-state index < -0.39 is 0 Å². The molecule has 0 aliphatic rings. The summed E-state index contributed by atoms with van der Waals surface area (Å²) in [4.78, 5) is 0. The van der Waals surface area contributed by atoms with Crippen LogP contribution in [0.3, 0.4) is 0 Å². The van der Waals surface area contributed by atoms with E-state index in [0.29, 0.717) is 0 Å². The predicted molar refractivity (Wildman–Crippen MR) is 89.8 cm³/mol. The molecule has 4 rings (SSSR count). The van der Waals surface area contributed by atoms with Gasteiger partial charge in [0.25, 0.3) is 0 Å². The van der Waals surface area contributed by atoms with Gasteiger partial charge in [0.1, 0.15) is 0 Å². The Labute approximate surface area is 126 Å². The van der Waals surface area contributed by atoms with Gasteiger partial charge in [-0.05, 0) is 35.4 Å². The molecule has 2 heteroatoms. The standard InChI is InChI=1S/C18H11ClS/c19-14-7-8-15-16-10-13(12-4-2-1-3-5-12)6-9-17(16)20-18(15)11-14/h1-11H. The first-order valence-corrected chi connectivity index (χ1v) is 7.68.